The molecule has 138 valence electrons. The molecule has 0 aliphatic carbocycles. The highest BCUT2D eigenvalue weighted by atomic mass is 16.5. The molecule has 0 fully saturated rings. The Kier molecular flexibility index (Phi) is 5.51. The van der Waals surface area contributed by atoms with Crippen molar-refractivity contribution in [2.45, 2.75) is 13.5 Å². The SMILES string of the molecule is COc1ccc(-c2cc(CNC(=O)c3ccc(NC(C)=O)cc3)no2)cc1. The predicted molar refractivity (Wildman–Crippen MR) is 100 cm³/mol. The Bertz CT molecular complexity index is 931. The van der Waals surface area contributed by atoms with E-state index in [2.05, 4.69) is 15.8 Å². The van der Waals surface area contributed by atoms with Crippen LogP contribution in [-0.4, -0.2) is 24.1 Å². The van der Waals surface area contributed by atoms with Gasteiger partial charge in [-0.15, -0.1) is 0 Å². The van der Waals surface area contributed by atoms with Crippen LogP contribution < -0.4 is 15.4 Å². The van der Waals surface area contributed by atoms with E-state index in [4.69, 9.17) is 9.26 Å². The highest BCUT2D eigenvalue weighted by Crippen LogP contribution is 2.23. The minimum atomic E-state index is -0.238. The number of carbonyl (C=O) groups is 2. The molecule has 1 heterocycles. The van der Waals surface area contributed by atoms with Crippen molar-refractivity contribution < 1.29 is 18.8 Å². The molecule has 0 radical (unpaired) electrons. The van der Waals surface area contributed by atoms with Crippen LogP contribution in [0.4, 0.5) is 5.69 Å². The van der Waals surface area contributed by atoms with Gasteiger partial charge in [0.15, 0.2) is 5.76 Å². The second-order valence-electron chi connectivity index (χ2n) is 5.85. The van der Waals surface area contributed by atoms with Gasteiger partial charge in [0.05, 0.1) is 13.7 Å². The first-order valence-corrected chi connectivity index (χ1v) is 8.31. The van der Waals surface area contributed by atoms with Crippen molar-refractivity contribution in [2.24, 2.45) is 0 Å². The van der Waals surface area contributed by atoms with Gasteiger partial charge in [-0.1, -0.05) is 5.16 Å². The number of amides is 2. The highest BCUT2D eigenvalue weighted by Gasteiger charge is 2.10. The number of ether oxygens (including phenoxy) is 1. The van der Waals surface area contributed by atoms with Crippen molar-refractivity contribution in [3.05, 3.63) is 65.9 Å². The van der Waals surface area contributed by atoms with E-state index in [-0.39, 0.29) is 18.4 Å². The fourth-order valence-electron chi connectivity index (χ4n) is 2.47. The van der Waals surface area contributed by atoms with Crippen LogP contribution in [-0.2, 0) is 11.3 Å². The Labute approximate surface area is 156 Å². The number of benzene rings is 2. The molecule has 27 heavy (non-hydrogen) atoms. The van der Waals surface area contributed by atoms with Crippen molar-refractivity contribution in [1.29, 1.82) is 0 Å². The summed E-state index contributed by atoms with van der Waals surface area (Å²) in [5.74, 6) is 0.973. The lowest BCUT2D eigenvalue weighted by Gasteiger charge is -2.05. The van der Waals surface area contributed by atoms with E-state index in [9.17, 15) is 9.59 Å². The molecule has 7 nitrogen and oxygen atoms in total. The smallest absolute Gasteiger partial charge is 0.251 e. The standard InChI is InChI=1S/C20H19N3O4/c1-13(24)22-16-7-3-15(4-8-16)20(25)21-12-17-11-19(27-23-17)14-5-9-18(26-2)10-6-14/h3-11H,12H2,1-2H3,(H,21,25)(H,22,24). The number of rotatable bonds is 6. The highest BCUT2D eigenvalue weighted by molar-refractivity contribution is 5.95. The molecule has 2 N–H and O–H groups in total. The normalized spacial score (nSPS) is 10.3. The minimum Gasteiger partial charge on any atom is -0.497 e. The van der Waals surface area contributed by atoms with Crippen molar-refractivity contribution in [3.8, 4) is 17.1 Å². The third-order valence-corrected chi connectivity index (χ3v) is 3.83. The molecular formula is C20H19N3O4. The lowest BCUT2D eigenvalue weighted by atomic mass is 10.1. The third kappa shape index (κ3) is 4.72. The second kappa shape index (κ2) is 8.18. The van der Waals surface area contributed by atoms with E-state index in [0.717, 1.165) is 11.3 Å². The van der Waals surface area contributed by atoms with Gasteiger partial charge in [0, 0.05) is 29.8 Å². The first-order chi connectivity index (χ1) is 13.0. The van der Waals surface area contributed by atoms with E-state index < -0.39 is 0 Å². The van der Waals surface area contributed by atoms with Gasteiger partial charge < -0.3 is 19.9 Å². The van der Waals surface area contributed by atoms with Gasteiger partial charge in [0.25, 0.3) is 5.91 Å². The molecule has 0 saturated heterocycles. The Balaban J connectivity index is 1.59. The van der Waals surface area contributed by atoms with Crippen LogP contribution in [0.2, 0.25) is 0 Å². The van der Waals surface area contributed by atoms with E-state index in [1.54, 1.807) is 37.4 Å². The van der Waals surface area contributed by atoms with Crippen LogP contribution >= 0.6 is 0 Å². The fraction of sp³-hybridized carbons (Fsp3) is 0.150. The van der Waals surface area contributed by atoms with Crippen molar-refractivity contribution in [2.75, 3.05) is 12.4 Å². The summed E-state index contributed by atoms with van der Waals surface area (Å²) in [4.78, 5) is 23.2. The average molecular weight is 365 g/mol. The monoisotopic (exact) mass is 365 g/mol. The van der Waals surface area contributed by atoms with Gasteiger partial charge in [0.2, 0.25) is 5.91 Å². The third-order valence-electron chi connectivity index (χ3n) is 3.83. The zero-order valence-corrected chi connectivity index (χ0v) is 15.0. The summed E-state index contributed by atoms with van der Waals surface area (Å²) in [6.45, 7) is 1.67. The number of anilines is 1. The maximum atomic E-state index is 12.2. The molecule has 2 aromatic carbocycles. The summed E-state index contributed by atoms with van der Waals surface area (Å²) >= 11 is 0. The number of carbonyl (C=O) groups excluding carboxylic acids is 2. The van der Waals surface area contributed by atoms with Crippen LogP contribution in [0.1, 0.15) is 23.0 Å². The molecule has 0 unspecified atom stereocenters. The molecule has 7 heteroatoms. The summed E-state index contributed by atoms with van der Waals surface area (Å²) in [6, 6.07) is 15.8. The van der Waals surface area contributed by atoms with Gasteiger partial charge in [-0.2, -0.15) is 0 Å². The van der Waals surface area contributed by atoms with Gasteiger partial charge in [-0.05, 0) is 48.5 Å². The van der Waals surface area contributed by atoms with E-state index in [1.165, 1.54) is 6.92 Å². The molecule has 2 amide bonds. The van der Waals surface area contributed by atoms with Crippen LogP contribution in [0, 0.1) is 0 Å². The second-order valence-corrected chi connectivity index (χ2v) is 5.85. The number of methoxy groups -OCH3 is 1. The Hall–Kier alpha value is -3.61. The maximum Gasteiger partial charge on any atom is 0.251 e. The molecule has 0 atom stereocenters. The van der Waals surface area contributed by atoms with Crippen molar-refractivity contribution in [1.82, 2.24) is 10.5 Å². The summed E-state index contributed by atoms with van der Waals surface area (Å²) in [6.07, 6.45) is 0. The summed E-state index contributed by atoms with van der Waals surface area (Å²) in [5.41, 5.74) is 2.61. The molecule has 0 bridgehead atoms. The lowest BCUT2D eigenvalue weighted by molar-refractivity contribution is -0.114. The van der Waals surface area contributed by atoms with E-state index >= 15 is 0 Å². The number of hydrogen-bond acceptors (Lipinski definition) is 5. The van der Waals surface area contributed by atoms with Crippen LogP contribution in [0.25, 0.3) is 11.3 Å². The number of nitrogens with one attached hydrogen (secondary N) is 2. The predicted octanol–water partition coefficient (Wildman–Crippen LogP) is 3.24. The van der Waals surface area contributed by atoms with Gasteiger partial charge in [-0.25, -0.2) is 0 Å². The zero-order valence-electron chi connectivity index (χ0n) is 15.0. The Morgan fingerprint density at radius 3 is 2.41 bits per heavy atom. The molecule has 0 aliphatic heterocycles. The molecule has 3 aromatic rings. The summed E-state index contributed by atoms with van der Waals surface area (Å²) in [7, 11) is 1.61. The minimum absolute atomic E-state index is 0.161. The molecular weight excluding hydrogens is 346 g/mol. The lowest BCUT2D eigenvalue weighted by Crippen LogP contribution is -2.22. The first-order valence-electron chi connectivity index (χ1n) is 8.31. The van der Waals surface area contributed by atoms with E-state index in [1.807, 2.05) is 24.3 Å². The molecule has 0 aliphatic rings. The molecule has 3 rings (SSSR count). The van der Waals surface area contributed by atoms with Crippen LogP contribution in [0.15, 0.2) is 59.1 Å². The topological polar surface area (TPSA) is 93.5 Å². The maximum absolute atomic E-state index is 12.2. The Morgan fingerprint density at radius 2 is 1.78 bits per heavy atom. The van der Waals surface area contributed by atoms with E-state index in [0.29, 0.717) is 22.7 Å². The quantitative estimate of drug-likeness (QED) is 0.699. The number of nitrogens with zero attached hydrogens (tertiary/aromatic N) is 1. The fourth-order valence-corrected chi connectivity index (χ4v) is 2.47. The Morgan fingerprint density at radius 1 is 1.07 bits per heavy atom. The van der Waals surface area contributed by atoms with Gasteiger partial charge in [0.1, 0.15) is 11.4 Å². The number of aromatic nitrogens is 1. The molecule has 0 spiro atoms. The van der Waals surface area contributed by atoms with Crippen LogP contribution in [0.3, 0.4) is 0 Å². The molecule has 0 saturated carbocycles. The largest absolute Gasteiger partial charge is 0.497 e. The summed E-state index contributed by atoms with van der Waals surface area (Å²) < 4.78 is 10.5. The van der Waals surface area contributed by atoms with Crippen LogP contribution in [0.5, 0.6) is 5.75 Å². The van der Waals surface area contributed by atoms with Gasteiger partial charge in [-0.3, -0.25) is 9.59 Å². The molecule has 1 aromatic heterocycles. The summed E-state index contributed by atoms with van der Waals surface area (Å²) in [5, 5.41) is 9.42. The van der Waals surface area contributed by atoms with Crippen molar-refractivity contribution in [3.63, 3.8) is 0 Å². The first kappa shape index (κ1) is 18.2. The number of hydrogen-bond donors (Lipinski definition) is 2. The average Bonchev–Trinajstić information content (AvgIpc) is 3.15. The van der Waals surface area contributed by atoms with Gasteiger partial charge >= 0.3 is 0 Å². The zero-order chi connectivity index (χ0) is 19.2. The van der Waals surface area contributed by atoms with Crippen molar-refractivity contribution >= 4 is 17.5 Å².